The minimum absolute atomic E-state index is 0.0987. The average Bonchev–Trinajstić information content (AvgIpc) is 3.02. The molecule has 212 valence electrons. The first-order chi connectivity index (χ1) is 20.4. The molecule has 0 atom stereocenters. The summed E-state index contributed by atoms with van der Waals surface area (Å²) in [6, 6.07) is 31.4. The largest absolute Gasteiger partial charge is 0.496 e. The second kappa shape index (κ2) is 13.0. The lowest BCUT2D eigenvalue weighted by atomic mass is 9.92. The van der Waals surface area contributed by atoms with Crippen LogP contribution in [0.2, 0.25) is 0 Å². The molecule has 0 fully saturated rings. The lowest BCUT2D eigenvalue weighted by Gasteiger charge is -2.24. The molecule has 1 heterocycles. The van der Waals surface area contributed by atoms with Gasteiger partial charge in [-0.3, -0.25) is 9.78 Å². The minimum Gasteiger partial charge on any atom is -0.496 e. The van der Waals surface area contributed by atoms with Gasteiger partial charge >= 0.3 is 12.0 Å². The van der Waals surface area contributed by atoms with E-state index < -0.39 is 5.97 Å². The fraction of sp³-hybridized carbons (Fsp3) is 0.171. The van der Waals surface area contributed by atoms with E-state index in [0.717, 1.165) is 44.3 Å². The first-order valence-electron chi connectivity index (χ1n) is 13.9. The number of nitrogens with one attached hydrogen (secondary N) is 1. The highest BCUT2D eigenvalue weighted by molar-refractivity contribution is 5.86. The van der Waals surface area contributed by atoms with E-state index in [2.05, 4.69) is 22.4 Å². The Kier molecular flexibility index (Phi) is 8.78. The normalized spacial score (nSPS) is 10.8. The van der Waals surface area contributed by atoms with Crippen LogP contribution in [0.4, 0.5) is 4.79 Å². The van der Waals surface area contributed by atoms with Crippen molar-refractivity contribution >= 4 is 22.9 Å². The van der Waals surface area contributed by atoms with Crippen LogP contribution in [-0.2, 0) is 24.3 Å². The highest BCUT2D eigenvalue weighted by Crippen LogP contribution is 2.36. The van der Waals surface area contributed by atoms with E-state index in [0.29, 0.717) is 30.9 Å². The van der Waals surface area contributed by atoms with Crippen molar-refractivity contribution in [1.29, 1.82) is 0 Å². The average molecular weight is 560 g/mol. The molecule has 2 N–H and O–H groups in total. The lowest BCUT2D eigenvalue weighted by molar-refractivity contribution is -0.136. The molecule has 0 saturated heterocycles. The third kappa shape index (κ3) is 6.58. The van der Waals surface area contributed by atoms with Crippen molar-refractivity contribution in [2.45, 2.75) is 26.4 Å². The second-order valence-corrected chi connectivity index (χ2v) is 10.0. The van der Waals surface area contributed by atoms with Crippen LogP contribution >= 0.6 is 0 Å². The smallest absolute Gasteiger partial charge is 0.317 e. The van der Waals surface area contributed by atoms with E-state index in [9.17, 15) is 14.7 Å². The fourth-order valence-corrected chi connectivity index (χ4v) is 5.09. The van der Waals surface area contributed by atoms with Crippen molar-refractivity contribution in [1.82, 2.24) is 15.2 Å². The van der Waals surface area contributed by atoms with Gasteiger partial charge in [-0.25, -0.2) is 4.79 Å². The highest BCUT2D eigenvalue weighted by atomic mass is 16.5. The topological polar surface area (TPSA) is 91.8 Å². The monoisotopic (exact) mass is 559 g/mol. The molecular formula is C35H33N3O4. The molecule has 7 heteroatoms. The van der Waals surface area contributed by atoms with Gasteiger partial charge < -0.3 is 20.1 Å². The molecule has 0 radical (unpaired) electrons. The summed E-state index contributed by atoms with van der Waals surface area (Å²) in [6.07, 6.45) is 1.68. The van der Waals surface area contributed by atoms with Crippen molar-refractivity contribution in [2.24, 2.45) is 0 Å². The van der Waals surface area contributed by atoms with E-state index in [4.69, 9.17) is 4.74 Å². The van der Waals surface area contributed by atoms with Crippen LogP contribution in [0.1, 0.15) is 23.6 Å². The Hall–Kier alpha value is -5.17. The number of amides is 2. The molecule has 0 aliphatic rings. The number of carboxylic acid groups (broad SMARTS) is 1. The molecule has 5 aromatic rings. The molecule has 2 amide bonds. The third-order valence-electron chi connectivity index (χ3n) is 7.27. The molecule has 0 saturated carbocycles. The van der Waals surface area contributed by atoms with Crippen molar-refractivity contribution in [3.8, 4) is 28.0 Å². The second-order valence-electron chi connectivity index (χ2n) is 10.0. The number of carbonyl (C=O) groups is 2. The number of ether oxygens (including phenoxy) is 1. The number of hydrogen-bond donors (Lipinski definition) is 2. The number of hydrogen-bond acceptors (Lipinski definition) is 4. The molecular weight excluding hydrogens is 526 g/mol. The Morgan fingerprint density at radius 2 is 1.64 bits per heavy atom. The number of nitrogens with zero attached hydrogens (tertiary/aromatic N) is 2. The predicted molar refractivity (Wildman–Crippen MR) is 165 cm³/mol. The number of benzene rings is 4. The summed E-state index contributed by atoms with van der Waals surface area (Å²) >= 11 is 0. The van der Waals surface area contributed by atoms with E-state index in [1.165, 1.54) is 0 Å². The van der Waals surface area contributed by atoms with Gasteiger partial charge in [0.2, 0.25) is 0 Å². The van der Waals surface area contributed by atoms with Crippen LogP contribution < -0.4 is 10.1 Å². The van der Waals surface area contributed by atoms with Crippen LogP contribution in [-0.4, -0.2) is 40.6 Å². The molecule has 0 unspecified atom stereocenters. The quantitative estimate of drug-likeness (QED) is 0.193. The van der Waals surface area contributed by atoms with Gasteiger partial charge in [-0.2, -0.15) is 0 Å². The van der Waals surface area contributed by atoms with E-state index in [1.54, 1.807) is 30.3 Å². The van der Waals surface area contributed by atoms with E-state index in [1.807, 2.05) is 79.7 Å². The van der Waals surface area contributed by atoms with Crippen LogP contribution in [0.15, 0.2) is 103 Å². The molecule has 0 aliphatic heterocycles. The Bertz CT molecular complexity index is 1720. The molecule has 0 aliphatic carbocycles. The summed E-state index contributed by atoms with van der Waals surface area (Å²) in [5.41, 5.74) is 7.22. The maximum atomic E-state index is 13.3. The Morgan fingerprint density at radius 3 is 2.40 bits per heavy atom. The Balaban J connectivity index is 1.55. The van der Waals surface area contributed by atoms with Gasteiger partial charge in [0.25, 0.3) is 0 Å². The first-order valence-corrected chi connectivity index (χ1v) is 13.9. The molecule has 0 spiro atoms. The maximum absolute atomic E-state index is 13.3. The summed E-state index contributed by atoms with van der Waals surface area (Å²) in [6.45, 7) is 3.24. The van der Waals surface area contributed by atoms with Gasteiger partial charge in [-0.15, -0.1) is 0 Å². The van der Waals surface area contributed by atoms with Crippen molar-refractivity contribution in [2.75, 3.05) is 13.7 Å². The maximum Gasteiger partial charge on any atom is 0.317 e. The number of aromatic nitrogens is 1. The summed E-state index contributed by atoms with van der Waals surface area (Å²) in [4.78, 5) is 31.0. The minimum atomic E-state index is -0.903. The summed E-state index contributed by atoms with van der Waals surface area (Å²) in [7, 11) is 1.60. The van der Waals surface area contributed by atoms with Gasteiger partial charge in [-0.05, 0) is 76.7 Å². The number of aliphatic carboxylic acids is 1. The Morgan fingerprint density at radius 1 is 0.857 bits per heavy atom. The van der Waals surface area contributed by atoms with Gasteiger partial charge in [0.1, 0.15) is 5.75 Å². The molecule has 4 aromatic carbocycles. The van der Waals surface area contributed by atoms with Gasteiger partial charge in [0.15, 0.2) is 0 Å². The zero-order chi connectivity index (χ0) is 29.5. The summed E-state index contributed by atoms with van der Waals surface area (Å²) < 4.78 is 5.70. The van der Waals surface area contributed by atoms with E-state index >= 15 is 0 Å². The number of methoxy groups -OCH3 is 1. The van der Waals surface area contributed by atoms with Crippen LogP contribution in [0, 0.1) is 0 Å². The lowest BCUT2D eigenvalue weighted by Crippen LogP contribution is -2.39. The molecule has 7 nitrogen and oxygen atoms in total. The van der Waals surface area contributed by atoms with Gasteiger partial charge in [-0.1, -0.05) is 60.7 Å². The standard InChI is InChI=1S/C35H33N3O4/c1-3-38(35(41)37-22-24-8-5-4-6-9-24)23-29-21-26(27-13-15-32-28(20-27)10-7-17-36-32)12-14-30(29)31-18-25(19-34(39)40)11-16-33(31)42-2/h4-18,20-21H,3,19,22-23H2,1-2H3,(H,37,41)(H,39,40). The zero-order valence-electron chi connectivity index (χ0n) is 23.7. The number of rotatable bonds is 10. The zero-order valence-corrected chi connectivity index (χ0v) is 23.7. The summed E-state index contributed by atoms with van der Waals surface area (Å²) in [5, 5.41) is 13.5. The predicted octanol–water partition coefficient (Wildman–Crippen LogP) is 6.94. The van der Waals surface area contributed by atoms with Crippen LogP contribution in [0.5, 0.6) is 5.75 Å². The van der Waals surface area contributed by atoms with Gasteiger partial charge in [0.05, 0.1) is 19.0 Å². The third-order valence-corrected chi connectivity index (χ3v) is 7.27. The van der Waals surface area contributed by atoms with Crippen molar-refractivity contribution < 1.29 is 19.4 Å². The Labute approximate surface area is 245 Å². The highest BCUT2D eigenvalue weighted by Gasteiger charge is 2.19. The molecule has 5 rings (SSSR count). The van der Waals surface area contributed by atoms with Crippen LogP contribution in [0.25, 0.3) is 33.2 Å². The number of fused-ring (bicyclic) bond motifs is 1. The fourth-order valence-electron chi connectivity index (χ4n) is 5.09. The number of urea groups is 1. The summed E-state index contributed by atoms with van der Waals surface area (Å²) in [5.74, 6) is -0.272. The van der Waals surface area contributed by atoms with E-state index in [-0.39, 0.29) is 12.5 Å². The van der Waals surface area contributed by atoms with Gasteiger partial charge in [0, 0.05) is 36.8 Å². The molecule has 42 heavy (non-hydrogen) atoms. The van der Waals surface area contributed by atoms with Crippen molar-refractivity contribution in [3.05, 3.63) is 120 Å². The SMILES string of the molecule is CCN(Cc1cc(-c2ccc3ncccc3c2)ccc1-c1cc(CC(=O)O)ccc1OC)C(=O)NCc1ccccc1. The molecule has 1 aromatic heterocycles. The first kappa shape index (κ1) is 28.4. The van der Waals surface area contributed by atoms with Crippen LogP contribution in [0.3, 0.4) is 0 Å². The number of pyridine rings is 1. The number of carboxylic acids is 1. The number of carbonyl (C=O) groups excluding carboxylic acids is 1. The van der Waals surface area contributed by atoms with Crippen molar-refractivity contribution in [3.63, 3.8) is 0 Å². The molecule has 0 bridgehead atoms.